The first-order valence-corrected chi connectivity index (χ1v) is 5.05. The summed E-state index contributed by atoms with van der Waals surface area (Å²) in [4.78, 5) is 15.0. The second kappa shape index (κ2) is 4.42. The average molecular weight is 253 g/mol. The lowest BCUT2D eigenvalue weighted by atomic mass is 10.3. The van der Waals surface area contributed by atoms with E-state index in [1.807, 2.05) is 0 Å². The lowest BCUT2D eigenvalue weighted by Crippen LogP contribution is -2.06. The van der Waals surface area contributed by atoms with Crippen LogP contribution in [0.15, 0.2) is 24.5 Å². The van der Waals surface area contributed by atoms with Gasteiger partial charge in [0, 0.05) is 0 Å². The van der Waals surface area contributed by atoms with Gasteiger partial charge in [-0.2, -0.15) is 0 Å². The van der Waals surface area contributed by atoms with Gasteiger partial charge in [-0.05, 0) is 12.1 Å². The number of para-hydroxylation sites is 1. The maximum atomic E-state index is 11.2. The Hall–Kier alpha value is -2.08. The molecule has 1 aromatic carbocycles. The van der Waals surface area contributed by atoms with Crippen molar-refractivity contribution in [3.8, 4) is 5.69 Å². The van der Waals surface area contributed by atoms with Crippen molar-refractivity contribution in [1.29, 1.82) is 0 Å². The molecule has 0 saturated carbocycles. The Kier molecular flexibility index (Phi) is 2.97. The molecule has 1 heterocycles. The average Bonchev–Trinajstić information content (AvgIpc) is 2.77. The number of aromatic nitrogens is 3. The minimum Gasteiger partial charge on any atom is -0.463 e. The molecule has 2 rings (SSSR count). The molecule has 0 spiro atoms. The van der Waals surface area contributed by atoms with E-state index >= 15 is 0 Å². The molecular weight excluding hydrogens is 244 g/mol. The molecule has 0 saturated heterocycles. The Morgan fingerprint density at radius 2 is 2.29 bits per heavy atom. The highest BCUT2D eigenvalue weighted by Gasteiger charge is 2.14. The van der Waals surface area contributed by atoms with Gasteiger partial charge >= 0.3 is 5.97 Å². The molecular formula is C10H9ClN4O2. The number of nitrogen functional groups attached to an aromatic ring is 1. The van der Waals surface area contributed by atoms with Crippen LogP contribution >= 0.6 is 11.6 Å². The van der Waals surface area contributed by atoms with Crippen LogP contribution in [0.3, 0.4) is 0 Å². The van der Waals surface area contributed by atoms with Crippen molar-refractivity contribution in [2.75, 3.05) is 12.8 Å². The van der Waals surface area contributed by atoms with Crippen LogP contribution in [-0.4, -0.2) is 27.8 Å². The third-order valence-electron chi connectivity index (χ3n) is 2.11. The Labute approximate surface area is 102 Å². The molecule has 0 atom stereocenters. The van der Waals surface area contributed by atoms with E-state index in [4.69, 9.17) is 17.3 Å². The normalized spacial score (nSPS) is 10.2. The van der Waals surface area contributed by atoms with Crippen molar-refractivity contribution >= 4 is 23.3 Å². The van der Waals surface area contributed by atoms with Gasteiger partial charge < -0.3 is 10.5 Å². The highest BCUT2D eigenvalue weighted by molar-refractivity contribution is 6.32. The molecule has 17 heavy (non-hydrogen) atoms. The number of methoxy groups -OCH3 is 1. The first kappa shape index (κ1) is 11.4. The first-order chi connectivity index (χ1) is 8.13. The lowest BCUT2D eigenvalue weighted by Gasteiger charge is -2.06. The SMILES string of the molecule is COC(=O)c1ncn(-c2c(N)cccc2Cl)n1. The second-order valence-corrected chi connectivity index (χ2v) is 3.59. The van der Waals surface area contributed by atoms with E-state index in [1.54, 1.807) is 18.2 Å². The minimum absolute atomic E-state index is 0.0492. The molecule has 0 radical (unpaired) electrons. The van der Waals surface area contributed by atoms with E-state index in [-0.39, 0.29) is 5.82 Å². The maximum absolute atomic E-state index is 11.2. The summed E-state index contributed by atoms with van der Waals surface area (Å²) in [6.45, 7) is 0. The fourth-order valence-electron chi connectivity index (χ4n) is 1.33. The summed E-state index contributed by atoms with van der Waals surface area (Å²) in [6.07, 6.45) is 1.35. The first-order valence-electron chi connectivity index (χ1n) is 4.68. The van der Waals surface area contributed by atoms with Gasteiger partial charge in [-0.1, -0.05) is 17.7 Å². The molecule has 6 nitrogen and oxygen atoms in total. The van der Waals surface area contributed by atoms with Crippen molar-refractivity contribution < 1.29 is 9.53 Å². The number of benzene rings is 1. The highest BCUT2D eigenvalue weighted by atomic mass is 35.5. The molecule has 0 bridgehead atoms. The Morgan fingerprint density at radius 3 is 2.94 bits per heavy atom. The van der Waals surface area contributed by atoms with Crippen LogP contribution in [0, 0.1) is 0 Å². The molecule has 0 amide bonds. The van der Waals surface area contributed by atoms with Crippen LogP contribution in [0.5, 0.6) is 0 Å². The fraction of sp³-hybridized carbons (Fsp3) is 0.100. The number of carbonyl (C=O) groups is 1. The zero-order chi connectivity index (χ0) is 12.4. The number of ether oxygens (including phenoxy) is 1. The largest absolute Gasteiger partial charge is 0.463 e. The molecule has 0 aliphatic carbocycles. The summed E-state index contributed by atoms with van der Waals surface area (Å²) in [5.74, 6) is -0.666. The zero-order valence-electron chi connectivity index (χ0n) is 8.92. The standard InChI is InChI=1S/C10H9ClN4O2/c1-17-10(16)9-13-5-15(14-9)8-6(11)3-2-4-7(8)12/h2-5H,12H2,1H3. The van der Waals surface area contributed by atoms with Crippen LogP contribution in [0.4, 0.5) is 5.69 Å². The topological polar surface area (TPSA) is 83.0 Å². The van der Waals surface area contributed by atoms with E-state index in [0.29, 0.717) is 16.4 Å². The number of anilines is 1. The van der Waals surface area contributed by atoms with E-state index in [1.165, 1.54) is 18.1 Å². The monoisotopic (exact) mass is 252 g/mol. The number of esters is 1. The van der Waals surface area contributed by atoms with Gasteiger partial charge in [0.2, 0.25) is 0 Å². The van der Waals surface area contributed by atoms with Crippen LogP contribution < -0.4 is 5.73 Å². The molecule has 0 aliphatic heterocycles. The van der Waals surface area contributed by atoms with Gasteiger partial charge in [0.1, 0.15) is 12.0 Å². The van der Waals surface area contributed by atoms with Gasteiger partial charge in [0.25, 0.3) is 5.82 Å². The number of hydrogen-bond acceptors (Lipinski definition) is 5. The maximum Gasteiger partial charge on any atom is 0.377 e. The Morgan fingerprint density at radius 1 is 1.53 bits per heavy atom. The smallest absolute Gasteiger partial charge is 0.377 e. The van der Waals surface area contributed by atoms with Gasteiger partial charge in [-0.3, -0.25) is 0 Å². The minimum atomic E-state index is -0.616. The number of halogens is 1. The summed E-state index contributed by atoms with van der Waals surface area (Å²) >= 11 is 6.00. The third-order valence-corrected chi connectivity index (χ3v) is 2.41. The quantitative estimate of drug-likeness (QED) is 0.643. The summed E-state index contributed by atoms with van der Waals surface area (Å²) < 4.78 is 5.84. The van der Waals surface area contributed by atoms with E-state index in [0.717, 1.165) is 0 Å². The van der Waals surface area contributed by atoms with E-state index in [2.05, 4.69) is 14.8 Å². The lowest BCUT2D eigenvalue weighted by molar-refractivity contribution is 0.0587. The van der Waals surface area contributed by atoms with Crippen LogP contribution in [0.25, 0.3) is 5.69 Å². The van der Waals surface area contributed by atoms with Gasteiger partial charge in [0.15, 0.2) is 0 Å². The van der Waals surface area contributed by atoms with Crippen molar-refractivity contribution in [2.24, 2.45) is 0 Å². The Bertz CT molecular complexity index is 547. The molecule has 2 aromatic rings. The molecule has 7 heteroatoms. The Balaban J connectivity index is 2.47. The fourth-order valence-corrected chi connectivity index (χ4v) is 1.60. The number of nitrogens with zero attached hydrogens (tertiary/aromatic N) is 3. The third kappa shape index (κ3) is 2.07. The predicted octanol–water partition coefficient (Wildman–Crippen LogP) is 1.29. The zero-order valence-corrected chi connectivity index (χ0v) is 9.68. The molecule has 0 fully saturated rings. The summed E-state index contributed by atoms with van der Waals surface area (Å²) in [6, 6.07) is 5.08. The van der Waals surface area contributed by atoms with Gasteiger partial charge in [-0.25, -0.2) is 14.5 Å². The van der Waals surface area contributed by atoms with Crippen molar-refractivity contribution in [2.45, 2.75) is 0 Å². The molecule has 88 valence electrons. The van der Waals surface area contributed by atoms with Gasteiger partial charge in [-0.15, -0.1) is 5.10 Å². The molecule has 0 aliphatic rings. The second-order valence-electron chi connectivity index (χ2n) is 3.18. The number of nitrogens with two attached hydrogens (primary N) is 1. The predicted molar refractivity (Wildman–Crippen MR) is 62.1 cm³/mol. The molecule has 2 N–H and O–H groups in total. The summed E-state index contributed by atoms with van der Waals surface area (Å²) in [5.41, 5.74) is 6.71. The van der Waals surface area contributed by atoms with Crippen LogP contribution in [0.1, 0.15) is 10.6 Å². The number of rotatable bonds is 2. The van der Waals surface area contributed by atoms with E-state index < -0.39 is 5.97 Å². The van der Waals surface area contributed by atoms with Crippen molar-refractivity contribution in [3.63, 3.8) is 0 Å². The van der Waals surface area contributed by atoms with Crippen LogP contribution in [0.2, 0.25) is 5.02 Å². The van der Waals surface area contributed by atoms with Crippen molar-refractivity contribution in [1.82, 2.24) is 14.8 Å². The van der Waals surface area contributed by atoms with Crippen molar-refractivity contribution in [3.05, 3.63) is 35.4 Å². The molecule has 0 unspecified atom stereocenters. The highest BCUT2D eigenvalue weighted by Crippen LogP contribution is 2.25. The summed E-state index contributed by atoms with van der Waals surface area (Å²) in [5, 5.41) is 4.36. The number of carbonyl (C=O) groups excluding carboxylic acids is 1. The number of hydrogen-bond donors (Lipinski definition) is 1. The van der Waals surface area contributed by atoms with Crippen LogP contribution in [-0.2, 0) is 4.74 Å². The van der Waals surface area contributed by atoms with E-state index in [9.17, 15) is 4.79 Å². The molecule has 1 aromatic heterocycles. The van der Waals surface area contributed by atoms with Gasteiger partial charge in [0.05, 0.1) is 17.8 Å². The summed E-state index contributed by atoms with van der Waals surface area (Å²) in [7, 11) is 1.26.